The van der Waals surface area contributed by atoms with E-state index >= 15 is 0 Å². The number of carbonyl (C=O) groups excluding carboxylic acids is 3. The number of hydrogen-bond donors (Lipinski definition) is 2. The first kappa shape index (κ1) is 18.1. The highest BCUT2D eigenvalue weighted by atomic mass is 79.9. The lowest BCUT2D eigenvalue weighted by Crippen LogP contribution is -2.42. The lowest BCUT2D eigenvalue weighted by Gasteiger charge is -2.22. The Hall–Kier alpha value is -2.67. The van der Waals surface area contributed by atoms with Crippen molar-refractivity contribution in [1.29, 1.82) is 0 Å². The van der Waals surface area contributed by atoms with E-state index in [1.807, 2.05) is 25.1 Å². The van der Waals surface area contributed by atoms with Gasteiger partial charge in [-0.15, -0.1) is 0 Å². The largest absolute Gasteiger partial charge is 0.325 e. The minimum atomic E-state index is -1.18. The summed E-state index contributed by atoms with van der Waals surface area (Å²) in [6.07, 6.45) is 0. The summed E-state index contributed by atoms with van der Waals surface area (Å²) in [5.74, 6) is -0.901. The first-order valence-corrected chi connectivity index (χ1v) is 8.86. The minimum absolute atomic E-state index is 0.354. The topological polar surface area (TPSA) is 78.5 Å². The van der Waals surface area contributed by atoms with E-state index < -0.39 is 23.4 Å². The zero-order valence-corrected chi connectivity index (χ0v) is 16.0. The van der Waals surface area contributed by atoms with Gasteiger partial charge in [0, 0.05) is 4.47 Å². The van der Waals surface area contributed by atoms with Gasteiger partial charge in [0.25, 0.3) is 5.91 Å². The molecule has 1 unspecified atom stereocenters. The Bertz CT molecular complexity index is 885. The summed E-state index contributed by atoms with van der Waals surface area (Å²) in [5, 5.41) is 5.40. The number of nitrogens with one attached hydrogen (secondary N) is 2. The van der Waals surface area contributed by atoms with Crippen LogP contribution in [0.1, 0.15) is 18.1 Å². The molecule has 0 aromatic heterocycles. The Morgan fingerprint density at radius 3 is 2.54 bits per heavy atom. The molecule has 1 heterocycles. The molecule has 1 fully saturated rings. The van der Waals surface area contributed by atoms with Crippen LogP contribution in [0.3, 0.4) is 0 Å². The Balaban J connectivity index is 1.74. The van der Waals surface area contributed by atoms with Crippen molar-refractivity contribution in [3.8, 4) is 0 Å². The van der Waals surface area contributed by atoms with Crippen LogP contribution in [-0.4, -0.2) is 29.3 Å². The van der Waals surface area contributed by atoms with Gasteiger partial charge >= 0.3 is 6.03 Å². The molecule has 1 aliphatic rings. The highest BCUT2D eigenvalue weighted by Crippen LogP contribution is 2.29. The molecule has 2 aromatic carbocycles. The smallest absolute Gasteiger partial charge is 0.323 e. The Labute approximate surface area is 159 Å². The number of nitrogens with zero attached hydrogens (tertiary/aromatic N) is 1. The highest BCUT2D eigenvalue weighted by molar-refractivity contribution is 9.10. The van der Waals surface area contributed by atoms with Gasteiger partial charge in [0.1, 0.15) is 12.1 Å². The fourth-order valence-electron chi connectivity index (χ4n) is 2.86. The molecule has 0 aliphatic carbocycles. The number of amides is 4. The summed E-state index contributed by atoms with van der Waals surface area (Å²) in [6, 6.07) is 13.9. The quantitative estimate of drug-likeness (QED) is 0.752. The van der Waals surface area contributed by atoms with E-state index in [-0.39, 0.29) is 6.54 Å². The van der Waals surface area contributed by atoms with E-state index in [9.17, 15) is 14.4 Å². The van der Waals surface area contributed by atoms with Crippen LogP contribution in [0.15, 0.2) is 53.0 Å². The number of rotatable bonds is 4. The van der Waals surface area contributed by atoms with Crippen LogP contribution in [0.5, 0.6) is 0 Å². The lowest BCUT2D eigenvalue weighted by molar-refractivity contribution is -0.133. The zero-order valence-electron chi connectivity index (χ0n) is 14.4. The first-order valence-electron chi connectivity index (χ1n) is 8.07. The van der Waals surface area contributed by atoms with Crippen LogP contribution in [-0.2, 0) is 15.1 Å². The summed E-state index contributed by atoms with van der Waals surface area (Å²) in [6.45, 7) is 3.22. The third-order valence-corrected chi connectivity index (χ3v) is 4.98. The van der Waals surface area contributed by atoms with Crippen LogP contribution in [0.25, 0.3) is 0 Å². The summed E-state index contributed by atoms with van der Waals surface area (Å²) < 4.78 is 0.733. The van der Waals surface area contributed by atoms with Gasteiger partial charge in [-0.2, -0.15) is 0 Å². The van der Waals surface area contributed by atoms with Gasteiger partial charge in [-0.25, -0.2) is 4.79 Å². The van der Waals surface area contributed by atoms with Crippen molar-refractivity contribution in [3.05, 3.63) is 64.1 Å². The highest BCUT2D eigenvalue weighted by Gasteiger charge is 2.49. The molecule has 0 radical (unpaired) electrons. The van der Waals surface area contributed by atoms with Crippen molar-refractivity contribution in [3.63, 3.8) is 0 Å². The molecule has 0 bridgehead atoms. The molecule has 6 nitrogen and oxygen atoms in total. The van der Waals surface area contributed by atoms with E-state index in [4.69, 9.17) is 0 Å². The Morgan fingerprint density at radius 1 is 1.19 bits per heavy atom. The maximum absolute atomic E-state index is 12.8. The molecular formula is C19H18BrN3O3. The number of imide groups is 1. The molecule has 134 valence electrons. The zero-order chi connectivity index (χ0) is 18.9. The fourth-order valence-corrected chi connectivity index (χ4v) is 3.45. The molecular weight excluding hydrogens is 398 g/mol. The normalized spacial score (nSPS) is 19.4. The summed E-state index contributed by atoms with van der Waals surface area (Å²) in [7, 11) is 0. The number of hydrogen-bond acceptors (Lipinski definition) is 3. The number of carbonyl (C=O) groups is 3. The summed E-state index contributed by atoms with van der Waals surface area (Å²) in [4.78, 5) is 38.3. The van der Waals surface area contributed by atoms with Crippen molar-refractivity contribution >= 4 is 39.5 Å². The maximum atomic E-state index is 12.8. The minimum Gasteiger partial charge on any atom is -0.323 e. The molecule has 4 amide bonds. The van der Waals surface area contributed by atoms with E-state index in [0.717, 1.165) is 14.9 Å². The fraction of sp³-hybridized carbons (Fsp3) is 0.211. The van der Waals surface area contributed by atoms with E-state index in [1.54, 1.807) is 37.3 Å². The summed E-state index contributed by atoms with van der Waals surface area (Å²) >= 11 is 3.39. The molecule has 7 heteroatoms. The number of anilines is 1. The Morgan fingerprint density at radius 2 is 1.88 bits per heavy atom. The number of aryl methyl sites for hydroxylation is 1. The second-order valence-electron chi connectivity index (χ2n) is 6.34. The van der Waals surface area contributed by atoms with Gasteiger partial charge < -0.3 is 10.6 Å². The Kier molecular flexibility index (Phi) is 4.82. The van der Waals surface area contributed by atoms with Crippen molar-refractivity contribution in [2.75, 3.05) is 11.9 Å². The van der Waals surface area contributed by atoms with E-state index in [2.05, 4.69) is 26.6 Å². The second kappa shape index (κ2) is 6.92. The SMILES string of the molecule is Cc1ccc(NC(=O)CN2C(=O)NC(C)(c3ccccc3)C2=O)c(Br)c1. The predicted octanol–water partition coefficient (Wildman–Crippen LogP) is 3.16. The maximum Gasteiger partial charge on any atom is 0.325 e. The first-order chi connectivity index (χ1) is 12.3. The van der Waals surface area contributed by atoms with E-state index in [0.29, 0.717) is 11.3 Å². The van der Waals surface area contributed by atoms with Gasteiger partial charge in [-0.1, -0.05) is 36.4 Å². The van der Waals surface area contributed by atoms with Gasteiger partial charge in [-0.3, -0.25) is 14.5 Å². The third-order valence-electron chi connectivity index (χ3n) is 4.33. The van der Waals surface area contributed by atoms with Gasteiger partial charge in [0.2, 0.25) is 5.91 Å². The lowest BCUT2D eigenvalue weighted by atomic mass is 9.92. The molecule has 26 heavy (non-hydrogen) atoms. The molecule has 0 saturated carbocycles. The van der Waals surface area contributed by atoms with Crippen LogP contribution in [0.4, 0.5) is 10.5 Å². The standard InChI is InChI=1S/C19H18BrN3O3/c1-12-8-9-15(14(20)10-12)21-16(24)11-23-17(25)19(2,22-18(23)26)13-6-4-3-5-7-13/h3-10H,11H2,1-2H3,(H,21,24)(H,22,26). The molecule has 1 saturated heterocycles. The van der Waals surface area contributed by atoms with Crippen molar-refractivity contribution < 1.29 is 14.4 Å². The van der Waals surface area contributed by atoms with Crippen molar-refractivity contribution in [2.24, 2.45) is 0 Å². The summed E-state index contributed by atoms with van der Waals surface area (Å²) in [5.41, 5.74) is 1.12. The molecule has 2 aromatic rings. The van der Waals surface area contributed by atoms with Gasteiger partial charge in [0.15, 0.2) is 0 Å². The predicted molar refractivity (Wildman–Crippen MR) is 102 cm³/mol. The second-order valence-corrected chi connectivity index (χ2v) is 7.20. The van der Waals surface area contributed by atoms with Crippen molar-refractivity contribution in [2.45, 2.75) is 19.4 Å². The van der Waals surface area contributed by atoms with Gasteiger partial charge in [0.05, 0.1) is 5.69 Å². The molecule has 2 N–H and O–H groups in total. The third kappa shape index (κ3) is 3.35. The number of urea groups is 1. The average Bonchev–Trinajstić information content (AvgIpc) is 2.82. The van der Waals surface area contributed by atoms with Crippen LogP contribution >= 0.6 is 15.9 Å². The van der Waals surface area contributed by atoms with Gasteiger partial charge in [-0.05, 0) is 53.0 Å². The van der Waals surface area contributed by atoms with Crippen molar-refractivity contribution in [1.82, 2.24) is 10.2 Å². The van der Waals surface area contributed by atoms with Crippen LogP contribution in [0, 0.1) is 6.92 Å². The van der Waals surface area contributed by atoms with Crippen LogP contribution < -0.4 is 10.6 Å². The number of benzene rings is 2. The van der Waals surface area contributed by atoms with E-state index in [1.165, 1.54) is 0 Å². The molecule has 1 aliphatic heterocycles. The molecule has 1 atom stereocenters. The number of halogens is 1. The molecule has 0 spiro atoms. The monoisotopic (exact) mass is 415 g/mol. The molecule has 3 rings (SSSR count). The average molecular weight is 416 g/mol. The van der Waals surface area contributed by atoms with Crippen LogP contribution in [0.2, 0.25) is 0 Å².